The van der Waals surface area contributed by atoms with E-state index in [0.717, 1.165) is 22.8 Å². The van der Waals surface area contributed by atoms with Crippen molar-refractivity contribution in [1.29, 1.82) is 0 Å². The van der Waals surface area contributed by atoms with Gasteiger partial charge in [0, 0.05) is 10.9 Å². The van der Waals surface area contributed by atoms with Gasteiger partial charge in [-0.3, -0.25) is 5.43 Å². The van der Waals surface area contributed by atoms with E-state index in [9.17, 15) is 0 Å². The number of rotatable bonds is 7. The van der Waals surface area contributed by atoms with Crippen molar-refractivity contribution in [3.05, 3.63) is 34.8 Å². The van der Waals surface area contributed by atoms with Crippen LogP contribution in [-0.2, 0) is 0 Å². The summed E-state index contributed by atoms with van der Waals surface area (Å²) in [4.78, 5) is 4.29. The van der Waals surface area contributed by atoms with Crippen molar-refractivity contribution in [2.75, 3.05) is 19.1 Å². The number of hydrazone groups is 1. The molecule has 2 rings (SSSR count). The number of aryl methyl sites for hydroxylation is 1. The Labute approximate surface area is 128 Å². The predicted octanol–water partition coefficient (Wildman–Crippen LogP) is 3.69. The summed E-state index contributed by atoms with van der Waals surface area (Å²) in [6, 6.07) is 5.72. The lowest BCUT2D eigenvalue weighted by molar-refractivity contribution is 0.294. The second-order valence-corrected chi connectivity index (χ2v) is 5.25. The van der Waals surface area contributed by atoms with Crippen LogP contribution in [0, 0.1) is 6.92 Å². The van der Waals surface area contributed by atoms with Gasteiger partial charge in [0.05, 0.1) is 25.6 Å². The first-order valence-corrected chi connectivity index (χ1v) is 7.63. The minimum absolute atomic E-state index is 0.639. The van der Waals surface area contributed by atoms with Gasteiger partial charge < -0.3 is 9.47 Å². The summed E-state index contributed by atoms with van der Waals surface area (Å²) in [5, 5.41) is 6.94. The number of anilines is 1. The second-order valence-electron chi connectivity index (χ2n) is 4.39. The van der Waals surface area contributed by atoms with Crippen LogP contribution in [0.25, 0.3) is 0 Å². The Kier molecular flexibility index (Phi) is 5.57. The second kappa shape index (κ2) is 7.64. The summed E-state index contributed by atoms with van der Waals surface area (Å²) in [6.07, 6.45) is 2.65. The van der Waals surface area contributed by atoms with Crippen LogP contribution in [0.5, 0.6) is 11.5 Å². The van der Waals surface area contributed by atoms with Gasteiger partial charge in [0.2, 0.25) is 5.13 Å². The summed E-state index contributed by atoms with van der Waals surface area (Å²) < 4.78 is 11.1. The monoisotopic (exact) mass is 305 g/mol. The summed E-state index contributed by atoms with van der Waals surface area (Å²) in [5.41, 5.74) is 4.76. The van der Waals surface area contributed by atoms with Gasteiger partial charge in [-0.1, -0.05) is 13.0 Å². The Morgan fingerprint density at radius 2 is 2.29 bits per heavy atom. The third-order valence-electron chi connectivity index (χ3n) is 2.66. The zero-order chi connectivity index (χ0) is 15.1. The molecule has 2 aromatic rings. The number of hydrogen-bond donors (Lipinski definition) is 1. The van der Waals surface area contributed by atoms with Crippen molar-refractivity contribution >= 4 is 22.7 Å². The van der Waals surface area contributed by atoms with Crippen molar-refractivity contribution in [1.82, 2.24) is 4.98 Å². The Bertz CT molecular complexity index is 611. The van der Waals surface area contributed by atoms with Crippen LogP contribution < -0.4 is 14.9 Å². The number of benzene rings is 1. The first-order valence-electron chi connectivity index (χ1n) is 6.75. The average molecular weight is 305 g/mol. The molecule has 112 valence electrons. The molecular weight excluding hydrogens is 286 g/mol. The highest BCUT2D eigenvalue weighted by Gasteiger charge is 2.08. The summed E-state index contributed by atoms with van der Waals surface area (Å²) >= 11 is 1.52. The van der Waals surface area contributed by atoms with Gasteiger partial charge in [-0.05, 0) is 25.5 Å². The molecule has 0 saturated heterocycles. The summed E-state index contributed by atoms with van der Waals surface area (Å²) in [5.74, 6) is 1.42. The lowest BCUT2D eigenvalue weighted by Crippen LogP contribution is -2.01. The molecular formula is C15H19N3O2S. The topological polar surface area (TPSA) is 55.7 Å². The number of hydrogen-bond acceptors (Lipinski definition) is 6. The van der Waals surface area contributed by atoms with E-state index < -0.39 is 0 Å². The summed E-state index contributed by atoms with van der Waals surface area (Å²) in [6.45, 7) is 4.65. The molecule has 0 spiro atoms. The number of thiazole rings is 1. The van der Waals surface area contributed by atoms with Crippen LogP contribution in [0.15, 0.2) is 28.7 Å². The lowest BCUT2D eigenvalue weighted by Gasteiger charge is -2.12. The molecule has 0 aliphatic heterocycles. The Hall–Kier alpha value is -2.08. The van der Waals surface area contributed by atoms with E-state index in [0.29, 0.717) is 18.1 Å². The van der Waals surface area contributed by atoms with Gasteiger partial charge in [-0.15, -0.1) is 11.3 Å². The van der Waals surface area contributed by atoms with E-state index in [1.54, 1.807) is 13.3 Å². The minimum atomic E-state index is 0.639. The molecule has 21 heavy (non-hydrogen) atoms. The van der Waals surface area contributed by atoms with E-state index in [-0.39, 0.29) is 0 Å². The molecule has 0 saturated carbocycles. The Morgan fingerprint density at radius 1 is 1.43 bits per heavy atom. The lowest BCUT2D eigenvalue weighted by atomic mass is 10.2. The van der Waals surface area contributed by atoms with Crippen molar-refractivity contribution in [2.24, 2.45) is 5.10 Å². The molecule has 0 aliphatic rings. The van der Waals surface area contributed by atoms with Crippen molar-refractivity contribution < 1.29 is 9.47 Å². The molecule has 0 aliphatic carbocycles. The first-order chi connectivity index (χ1) is 10.2. The standard InChI is InChI=1S/C15H19N3O2S/c1-4-8-20-14-12(6-5-7-13(14)19-3)9-16-18-15-17-11(2)10-21-15/h5-7,9-10H,4,8H2,1-3H3,(H,17,18)/b16-9+. The predicted molar refractivity (Wildman–Crippen MR) is 86.8 cm³/mol. The zero-order valence-electron chi connectivity index (χ0n) is 12.4. The third-order valence-corrected chi connectivity index (χ3v) is 3.53. The fraction of sp³-hybridized carbons (Fsp3) is 0.333. The molecule has 1 aromatic heterocycles. The van der Waals surface area contributed by atoms with Gasteiger partial charge in [0.1, 0.15) is 0 Å². The summed E-state index contributed by atoms with van der Waals surface area (Å²) in [7, 11) is 1.63. The molecule has 1 N–H and O–H groups in total. The number of ether oxygens (including phenoxy) is 2. The highest BCUT2D eigenvalue weighted by molar-refractivity contribution is 7.13. The van der Waals surface area contributed by atoms with Crippen LogP contribution in [0.3, 0.4) is 0 Å². The number of nitrogens with one attached hydrogen (secondary N) is 1. The van der Waals surface area contributed by atoms with Crippen LogP contribution in [-0.4, -0.2) is 24.9 Å². The van der Waals surface area contributed by atoms with Crippen molar-refractivity contribution in [3.63, 3.8) is 0 Å². The van der Waals surface area contributed by atoms with Crippen molar-refractivity contribution in [3.8, 4) is 11.5 Å². The fourth-order valence-corrected chi connectivity index (χ4v) is 2.35. The van der Waals surface area contributed by atoms with Gasteiger partial charge in [-0.25, -0.2) is 4.98 Å². The molecule has 0 unspecified atom stereocenters. The maximum Gasteiger partial charge on any atom is 0.203 e. The molecule has 0 radical (unpaired) electrons. The van der Waals surface area contributed by atoms with Crippen molar-refractivity contribution in [2.45, 2.75) is 20.3 Å². The van der Waals surface area contributed by atoms with Crippen LogP contribution in [0.2, 0.25) is 0 Å². The molecule has 1 aromatic carbocycles. The number of methoxy groups -OCH3 is 1. The molecule has 0 amide bonds. The molecule has 6 heteroatoms. The van der Waals surface area contributed by atoms with E-state index >= 15 is 0 Å². The van der Waals surface area contributed by atoms with Crippen LogP contribution >= 0.6 is 11.3 Å². The maximum absolute atomic E-state index is 5.76. The Balaban J connectivity index is 2.14. The van der Waals surface area contributed by atoms with E-state index in [2.05, 4.69) is 22.4 Å². The van der Waals surface area contributed by atoms with Crippen LogP contribution in [0.4, 0.5) is 5.13 Å². The third kappa shape index (κ3) is 4.19. The van der Waals surface area contributed by atoms with E-state index in [1.807, 2.05) is 30.5 Å². The van der Waals surface area contributed by atoms with Gasteiger partial charge in [0.25, 0.3) is 0 Å². The Morgan fingerprint density at radius 3 is 2.95 bits per heavy atom. The molecule has 0 atom stereocenters. The fourth-order valence-electron chi connectivity index (χ4n) is 1.72. The highest BCUT2D eigenvalue weighted by atomic mass is 32.1. The normalized spacial score (nSPS) is 10.8. The molecule has 0 fully saturated rings. The van der Waals surface area contributed by atoms with Gasteiger partial charge in [0.15, 0.2) is 11.5 Å². The van der Waals surface area contributed by atoms with E-state index in [1.165, 1.54) is 11.3 Å². The first kappa shape index (κ1) is 15.3. The molecule has 0 bridgehead atoms. The SMILES string of the molecule is CCCOc1c(/C=N/Nc2nc(C)cs2)cccc1OC. The molecule has 1 heterocycles. The van der Waals surface area contributed by atoms with Crippen LogP contribution in [0.1, 0.15) is 24.6 Å². The largest absolute Gasteiger partial charge is 0.493 e. The minimum Gasteiger partial charge on any atom is -0.493 e. The smallest absolute Gasteiger partial charge is 0.203 e. The quantitative estimate of drug-likeness (QED) is 0.626. The number of para-hydroxylation sites is 1. The molecule has 5 nitrogen and oxygen atoms in total. The maximum atomic E-state index is 5.76. The van der Waals surface area contributed by atoms with Gasteiger partial charge in [-0.2, -0.15) is 5.10 Å². The average Bonchev–Trinajstić information content (AvgIpc) is 2.91. The highest BCUT2D eigenvalue weighted by Crippen LogP contribution is 2.30. The van der Waals surface area contributed by atoms with E-state index in [4.69, 9.17) is 9.47 Å². The zero-order valence-corrected chi connectivity index (χ0v) is 13.2. The number of nitrogens with zero attached hydrogens (tertiary/aromatic N) is 2. The number of aromatic nitrogens is 1. The van der Waals surface area contributed by atoms with Gasteiger partial charge >= 0.3 is 0 Å².